The molecule has 0 aromatic heterocycles. The zero-order valence-electron chi connectivity index (χ0n) is 10.6. The molecule has 0 aliphatic carbocycles. The number of hydrogen-bond donors (Lipinski definition) is 2. The van der Waals surface area contributed by atoms with Crippen LogP contribution in [-0.4, -0.2) is 5.11 Å². The normalized spacial score (nSPS) is 15.9. The maximum Gasteiger partial charge on any atom is 0.146 e. The molecule has 0 saturated heterocycles. The minimum absolute atomic E-state index is 0.110. The summed E-state index contributed by atoms with van der Waals surface area (Å²) in [5.74, 6) is -0.110. The quantitative estimate of drug-likeness (QED) is 0.808. The lowest BCUT2D eigenvalue weighted by atomic mass is 9.82. The van der Waals surface area contributed by atoms with E-state index < -0.39 is 5.72 Å². The van der Waals surface area contributed by atoms with E-state index in [1.807, 2.05) is 67.6 Å². The van der Waals surface area contributed by atoms with Crippen LogP contribution in [0.2, 0.25) is 0 Å². The molecule has 2 rings (SSSR count). The van der Waals surface area contributed by atoms with Gasteiger partial charge in [0, 0.05) is 5.92 Å². The number of hydrogen-bond acceptors (Lipinski definition) is 2. The van der Waals surface area contributed by atoms with Crippen LogP contribution in [0.5, 0.6) is 0 Å². The minimum atomic E-state index is -1.34. The van der Waals surface area contributed by atoms with Crippen LogP contribution in [0.15, 0.2) is 60.7 Å². The molecular weight excluding hydrogens is 222 g/mol. The highest BCUT2D eigenvalue weighted by atomic mass is 16.3. The van der Waals surface area contributed by atoms with Crippen LogP contribution in [0.25, 0.3) is 0 Å². The first-order valence-electron chi connectivity index (χ1n) is 6.28. The molecule has 0 aliphatic heterocycles. The van der Waals surface area contributed by atoms with Crippen molar-refractivity contribution in [1.82, 2.24) is 0 Å². The van der Waals surface area contributed by atoms with Crippen molar-refractivity contribution in [3.8, 4) is 0 Å². The Bertz CT molecular complexity index is 479. The van der Waals surface area contributed by atoms with E-state index in [0.29, 0.717) is 0 Å². The molecule has 2 atom stereocenters. The number of nitrogens with two attached hydrogens (primary N) is 1. The van der Waals surface area contributed by atoms with Crippen LogP contribution < -0.4 is 5.73 Å². The van der Waals surface area contributed by atoms with Gasteiger partial charge in [0.25, 0.3) is 0 Å². The first kappa shape index (κ1) is 12.8. The Morgan fingerprint density at radius 1 is 1.00 bits per heavy atom. The molecule has 0 fully saturated rings. The number of rotatable bonds is 4. The lowest BCUT2D eigenvalue weighted by molar-refractivity contribution is 0.0118. The van der Waals surface area contributed by atoms with E-state index in [4.69, 9.17) is 5.73 Å². The van der Waals surface area contributed by atoms with E-state index in [2.05, 4.69) is 0 Å². The van der Waals surface area contributed by atoms with Gasteiger partial charge in [-0.15, -0.1) is 0 Å². The van der Waals surface area contributed by atoms with Gasteiger partial charge < -0.3 is 5.11 Å². The third-order valence-electron chi connectivity index (χ3n) is 3.38. The average Bonchev–Trinajstić information content (AvgIpc) is 2.41. The van der Waals surface area contributed by atoms with E-state index in [1.54, 1.807) is 0 Å². The van der Waals surface area contributed by atoms with Gasteiger partial charge in [-0.25, -0.2) is 0 Å². The Labute approximate surface area is 108 Å². The molecular formula is C16H19NO. The van der Waals surface area contributed by atoms with Crippen LogP contribution in [0, 0.1) is 0 Å². The second-order valence-electron chi connectivity index (χ2n) is 4.56. The third kappa shape index (κ3) is 2.45. The van der Waals surface area contributed by atoms with Gasteiger partial charge in [0.1, 0.15) is 5.72 Å². The molecule has 0 amide bonds. The monoisotopic (exact) mass is 241 g/mol. The van der Waals surface area contributed by atoms with Gasteiger partial charge in [-0.05, 0) is 17.5 Å². The predicted molar refractivity (Wildman–Crippen MR) is 74.0 cm³/mol. The summed E-state index contributed by atoms with van der Waals surface area (Å²) in [5, 5.41) is 10.7. The van der Waals surface area contributed by atoms with Crippen molar-refractivity contribution >= 4 is 0 Å². The lowest BCUT2D eigenvalue weighted by Gasteiger charge is -2.33. The molecule has 94 valence electrons. The van der Waals surface area contributed by atoms with Gasteiger partial charge >= 0.3 is 0 Å². The molecule has 0 radical (unpaired) electrons. The fourth-order valence-electron chi connectivity index (χ4n) is 2.39. The van der Waals surface area contributed by atoms with E-state index in [9.17, 15) is 5.11 Å². The molecule has 2 unspecified atom stereocenters. The Kier molecular flexibility index (Phi) is 3.80. The molecule has 2 aromatic carbocycles. The predicted octanol–water partition coefficient (Wildman–Crippen LogP) is 2.98. The molecule has 0 aliphatic rings. The topological polar surface area (TPSA) is 46.2 Å². The Morgan fingerprint density at radius 2 is 1.50 bits per heavy atom. The summed E-state index contributed by atoms with van der Waals surface area (Å²) in [7, 11) is 0. The summed E-state index contributed by atoms with van der Waals surface area (Å²) in [4.78, 5) is 0. The summed E-state index contributed by atoms with van der Waals surface area (Å²) in [5.41, 5.74) is 6.66. The average molecular weight is 241 g/mol. The first-order chi connectivity index (χ1) is 8.66. The van der Waals surface area contributed by atoms with Crippen LogP contribution in [0.1, 0.15) is 30.4 Å². The summed E-state index contributed by atoms with van der Waals surface area (Å²) >= 11 is 0. The molecule has 0 saturated carbocycles. The van der Waals surface area contributed by atoms with Crippen molar-refractivity contribution in [2.45, 2.75) is 25.0 Å². The standard InChI is InChI=1S/C16H19NO/c1-2-15(13-9-5-3-6-10-13)16(17,18)14-11-7-4-8-12-14/h3-12,15,18H,2,17H2,1H3. The fourth-order valence-corrected chi connectivity index (χ4v) is 2.39. The van der Waals surface area contributed by atoms with Crippen molar-refractivity contribution < 1.29 is 5.11 Å². The van der Waals surface area contributed by atoms with Crippen LogP contribution in [0.4, 0.5) is 0 Å². The van der Waals surface area contributed by atoms with Gasteiger partial charge in [-0.2, -0.15) is 0 Å². The molecule has 2 nitrogen and oxygen atoms in total. The summed E-state index contributed by atoms with van der Waals surface area (Å²) in [6.07, 6.45) is 0.784. The lowest BCUT2D eigenvalue weighted by Crippen LogP contribution is -2.42. The fraction of sp³-hybridized carbons (Fsp3) is 0.250. The van der Waals surface area contributed by atoms with Crippen molar-refractivity contribution in [2.75, 3.05) is 0 Å². The molecule has 3 N–H and O–H groups in total. The molecule has 18 heavy (non-hydrogen) atoms. The number of aliphatic hydroxyl groups is 1. The van der Waals surface area contributed by atoms with Crippen molar-refractivity contribution in [3.63, 3.8) is 0 Å². The maximum atomic E-state index is 10.7. The summed E-state index contributed by atoms with van der Waals surface area (Å²) < 4.78 is 0. The van der Waals surface area contributed by atoms with Gasteiger partial charge in [0.05, 0.1) is 0 Å². The maximum absolute atomic E-state index is 10.7. The summed E-state index contributed by atoms with van der Waals surface area (Å²) in [6, 6.07) is 19.4. The van der Waals surface area contributed by atoms with Crippen molar-refractivity contribution in [1.29, 1.82) is 0 Å². The van der Waals surface area contributed by atoms with Crippen molar-refractivity contribution in [3.05, 3.63) is 71.8 Å². The van der Waals surface area contributed by atoms with Crippen molar-refractivity contribution in [2.24, 2.45) is 5.73 Å². The SMILES string of the molecule is CCC(c1ccccc1)C(N)(O)c1ccccc1. The second-order valence-corrected chi connectivity index (χ2v) is 4.56. The molecule has 0 bridgehead atoms. The second kappa shape index (κ2) is 5.34. The van der Waals surface area contributed by atoms with E-state index in [1.165, 1.54) is 0 Å². The molecule has 2 aromatic rings. The zero-order valence-corrected chi connectivity index (χ0v) is 10.6. The number of benzene rings is 2. The third-order valence-corrected chi connectivity index (χ3v) is 3.38. The molecule has 0 heterocycles. The van der Waals surface area contributed by atoms with Gasteiger partial charge in [-0.3, -0.25) is 5.73 Å². The van der Waals surface area contributed by atoms with E-state index in [-0.39, 0.29) is 5.92 Å². The molecule has 0 spiro atoms. The van der Waals surface area contributed by atoms with Gasteiger partial charge in [0.2, 0.25) is 0 Å². The van der Waals surface area contributed by atoms with Crippen LogP contribution in [0.3, 0.4) is 0 Å². The Morgan fingerprint density at radius 3 is 2.00 bits per heavy atom. The summed E-state index contributed by atoms with van der Waals surface area (Å²) in [6.45, 7) is 2.04. The van der Waals surface area contributed by atoms with Gasteiger partial charge in [-0.1, -0.05) is 67.6 Å². The highest BCUT2D eigenvalue weighted by Gasteiger charge is 2.34. The zero-order chi connectivity index (χ0) is 13.0. The first-order valence-corrected chi connectivity index (χ1v) is 6.28. The highest BCUT2D eigenvalue weighted by molar-refractivity contribution is 5.29. The highest BCUT2D eigenvalue weighted by Crippen LogP contribution is 2.34. The largest absolute Gasteiger partial charge is 0.371 e. The van der Waals surface area contributed by atoms with Gasteiger partial charge in [0.15, 0.2) is 0 Å². The van der Waals surface area contributed by atoms with Crippen LogP contribution in [-0.2, 0) is 5.72 Å². The Balaban J connectivity index is 2.38. The smallest absolute Gasteiger partial charge is 0.146 e. The molecule has 2 heteroatoms. The Hall–Kier alpha value is -1.64. The van der Waals surface area contributed by atoms with E-state index in [0.717, 1.165) is 17.5 Å². The minimum Gasteiger partial charge on any atom is -0.371 e. The van der Waals surface area contributed by atoms with Crippen LogP contribution >= 0.6 is 0 Å². The van der Waals surface area contributed by atoms with E-state index >= 15 is 0 Å².